The Bertz CT molecular complexity index is 430. The van der Waals surface area contributed by atoms with Crippen molar-refractivity contribution in [1.82, 2.24) is 10.6 Å². The third kappa shape index (κ3) is 4.56. The van der Waals surface area contributed by atoms with Crippen LogP contribution in [0.15, 0.2) is 12.1 Å². The third-order valence-corrected chi connectivity index (χ3v) is 3.38. The monoisotopic (exact) mass is 264 g/mol. The van der Waals surface area contributed by atoms with Crippen LogP contribution in [0.3, 0.4) is 0 Å². The van der Waals surface area contributed by atoms with Gasteiger partial charge in [-0.1, -0.05) is 6.07 Å². The van der Waals surface area contributed by atoms with Gasteiger partial charge in [-0.3, -0.25) is 4.79 Å². The lowest BCUT2D eigenvalue weighted by molar-refractivity contribution is -0.121. The smallest absolute Gasteiger partial charge is 0.220 e. The molecule has 0 radical (unpaired) electrons. The summed E-state index contributed by atoms with van der Waals surface area (Å²) in [5.41, 5.74) is 3.44. The summed E-state index contributed by atoms with van der Waals surface area (Å²) in [6.07, 6.45) is 1.43. The average molecular weight is 264 g/mol. The Kier molecular flexibility index (Phi) is 6.36. The number of carbonyl (C=O) groups excluding carboxylic acids is 1. The van der Waals surface area contributed by atoms with Gasteiger partial charge in [-0.25, -0.2) is 0 Å². The summed E-state index contributed by atoms with van der Waals surface area (Å²) in [6, 6.07) is 3.96. The van der Waals surface area contributed by atoms with Gasteiger partial charge in [0, 0.05) is 13.0 Å². The molecule has 0 spiro atoms. The molecular weight excluding hydrogens is 240 g/mol. The number of rotatable bonds is 7. The molecule has 1 aromatic carbocycles. The number of amides is 1. The first-order valence-corrected chi connectivity index (χ1v) is 6.64. The second kappa shape index (κ2) is 7.79. The topological polar surface area (TPSA) is 50.4 Å². The van der Waals surface area contributed by atoms with Gasteiger partial charge in [0.15, 0.2) is 0 Å². The SMILES string of the molecule is CNCCCC(=O)NCc1ccc(OC)c(C)c1C. The first kappa shape index (κ1) is 15.5. The molecule has 1 rings (SSSR count). The molecule has 0 aliphatic carbocycles. The molecule has 0 atom stereocenters. The van der Waals surface area contributed by atoms with Gasteiger partial charge in [0.2, 0.25) is 5.91 Å². The van der Waals surface area contributed by atoms with Crippen LogP contribution >= 0.6 is 0 Å². The fourth-order valence-corrected chi connectivity index (χ4v) is 1.97. The van der Waals surface area contributed by atoms with E-state index in [4.69, 9.17) is 4.74 Å². The van der Waals surface area contributed by atoms with Crippen LogP contribution in [0, 0.1) is 13.8 Å². The molecule has 0 aliphatic heterocycles. The molecule has 0 unspecified atom stereocenters. The van der Waals surface area contributed by atoms with E-state index in [9.17, 15) is 4.79 Å². The summed E-state index contributed by atoms with van der Waals surface area (Å²) in [5.74, 6) is 0.990. The van der Waals surface area contributed by atoms with E-state index in [-0.39, 0.29) is 5.91 Å². The van der Waals surface area contributed by atoms with Crippen molar-refractivity contribution in [3.8, 4) is 5.75 Å². The van der Waals surface area contributed by atoms with E-state index >= 15 is 0 Å². The fraction of sp³-hybridized carbons (Fsp3) is 0.533. The Hall–Kier alpha value is -1.55. The minimum atomic E-state index is 0.100. The fourth-order valence-electron chi connectivity index (χ4n) is 1.97. The molecule has 0 saturated carbocycles. The zero-order chi connectivity index (χ0) is 14.3. The first-order valence-electron chi connectivity index (χ1n) is 6.64. The van der Waals surface area contributed by atoms with E-state index in [0.717, 1.165) is 29.8 Å². The molecular formula is C15H24N2O2. The highest BCUT2D eigenvalue weighted by Gasteiger charge is 2.07. The number of nitrogens with one attached hydrogen (secondary N) is 2. The van der Waals surface area contributed by atoms with Crippen LogP contribution in [0.5, 0.6) is 5.75 Å². The Morgan fingerprint density at radius 1 is 1.26 bits per heavy atom. The van der Waals surface area contributed by atoms with Crippen molar-refractivity contribution in [1.29, 1.82) is 0 Å². The highest BCUT2D eigenvalue weighted by Crippen LogP contribution is 2.23. The van der Waals surface area contributed by atoms with Crippen LogP contribution in [0.1, 0.15) is 29.5 Å². The summed E-state index contributed by atoms with van der Waals surface area (Å²) in [6.45, 7) is 5.54. The third-order valence-electron chi connectivity index (χ3n) is 3.38. The molecule has 0 aromatic heterocycles. The van der Waals surface area contributed by atoms with Crippen LogP contribution in [0.4, 0.5) is 0 Å². The maximum Gasteiger partial charge on any atom is 0.220 e. The summed E-state index contributed by atoms with van der Waals surface area (Å²) < 4.78 is 5.28. The van der Waals surface area contributed by atoms with E-state index in [1.165, 1.54) is 5.56 Å². The van der Waals surface area contributed by atoms with Crippen molar-refractivity contribution in [2.75, 3.05) is 20.7 Å². The van der Waals surface area contributed by atoms with Crippen molar-refractivity contribution in [3.05, 3.63) is 28.8 Å². The van der Waals surface area contributed by atoms with Crippen molar-refractivity contribution >= 4 is 5.91 Å². The lowest BCUT2D eigenvalue weighted by Crippen LogP contribution is -2.24. The van der Waals surface area contributed by atoms with Gasteiger partial charge in [0.1, 0.15) is 5.75 Å². The lowest BCUT2D eigenvalue weighted by atomic mass is 10.0. The van der Waals surface area contributed by atoms with Crippen molar-refractivity contribution < 1.29 is 9.53 Å². The minimum Gasteiger partial charge on any atom is -0.496 e. The van der Waals surface area contributed by atoms with Crippen LogP contribution < -0.4 is 15.4 Å². The lowest BCUT2D eigenvalue weighted by Gasteiger charge is -2.13. The number of methoxy groups -OCH3 is 1. The Labute approximate surface area is 115 Å². The van der Waals surface area contributed by atoms with Crippen LogP contribution in [-0.4, -0.2) is 26.6 Å². The standard InChI is InChI=1S/C15H24N2O2/c1-11-12(2)14(19-4)8-7-13(11)10-17-15(18)6-5-9-16-3/h7-8,16H,5-6,9-10H2,1-4H3,(H,17,18). The van der Waals surface area contributed by atoms with Crippen molar-refractivity contribution in [2.45, 2.75) is 33.2 Å². The highest BCUT2D eigenvalue weighted by molar-refractivity contribution is 5.75. The molecule has 19 heavy (non-hydrogen) atoms. The van der Waals surface area contributed by atoms with E-state index in [2.05, 4.69) is 17.6 Å². The molecule has 106 valence electrons. The summed E-state index contributed by atoms with van der Waals surface area (Å²) >= 11 is 0. The number of carbonyl (C=O) groups is 1. The molecule has 0 aliphatic rings. The highest BCUT2D eigenvalue weighted by atomic mass is 16.5. The van der Waals surface area contributed by atoms with E-state index < -0.39 is 0 Å². The zero-order valence-corrected chi connectivity index (χ0v) is 12.3. The van der Waals surface area contributed by atoms with Crippen LogP contribution in [0.25, 0.3) is 0 Å². The second-order valence-electron chi connectivity index (χ2n) is 4.66. The molecule has 1 amide bonds. The Morgan fingerprint density at radius 3 is 2.63 bits per heavy atom. The van der Waals surface area contributed by atoms with Gasteiger partial charge < -0.3 is 15.4 Å². The van der Waals surface area contributed by atoms with Crippen molar-refractivity contribution in [2.24, 2.45) is 0 Å². The van der Waals surface area contributed by atoms with Gasteiger partial charge in [-0.2, -0.15) is 0 Å². The van der Waals surface area contributed by atoms with E-state index in [1.807, 2.05) is 26.1 Å². The Balaban J connectivity index is 2.54. The average Bonchev–Trinajstić information content (AvgIpc) is 2.41. The summed E-state index contributed by atoms with van der Waals surface area (Å²) in [4.78, 5) is 11.6. The predicted molar refractivity (Wildman–Crippen MR) is 77.5 cm³/mol. The normalized spacial score (nSPS) is 10.3. The summed E-state index contributed by atoms with van der Waals surface area (Å²) in [7, 11) is 3.56. The van der Waals surface area contributed by atoms with Gasteiger partial charge in [0.05, 0.1) is 7.11 Å². The maximum atomic E-state index is 11.6. The molecule has 1 aromatic rings. The molecule has 4 heteroatoms. The largest absolute Gasteiger partial charge is 0.496 e. The van der Waals surface area contributed by atoms with E-state index in [0.29, 0.717) is 13.0 Å². The van der Waals surface area contributed by atoms with Gasteiger partial charge in [-0.15, -0.1) is 0 Å². The first-order chi connectivity index (χ1) is 9.10. The second-order valence-corrected chi connectivity index (χ2v) is 4.66. The number of hydrogen-bond acceptors (Lipinski definition) is 3. The maximum absolute atomic E-state index is 11.6. The molecule has 0 fully saturated rings. The molecule has 0 bridgehead atoms. The quantitative estimate of drug-likeness (QED) is 0.740. The van der Waals surface area contributed by atoms with Crippen molar-refractivity contribution in [3.63, 3.8) is 0 Å². The zero-order valence-electron chi connectivity index (χ0n) is 12.3. The predicted octanol–water partition coefficient (Wildman–Crippen LogP) is 1.93. The molecule has 0 saturated heterocycles. The van der Waals surface area contributed by atoms with Crippen LogP contribution in [-0.2, 0) is 11.3 Å². The minimum absolute atomic E-state index is 0.100. The Morgan fingerprint density at radius 2 is 2.00 bits per heavy atom. The number of hydrogen-bond donors (Lipinski definition) is 2. The molecule has 2 N–H and O–H groups in total. The van der Waals surface area contributed by atoms with Gasteiger partial charge in [-0.05, 0) is 56.6 Å². The summed E-state index contributed by atoms with van der Waals surface area (Å²) in [5, 5.41) is 5.99. The van der Waals surface area contributed by atoms with Gasteiger partial charge in [0.25, 0.3) is 0 Å². The van der Waals surface area contributed by atoms with E-state index in [1.54, 1.807) is 7.11 Å². The number of benzene rings is 1. The number of ether oxygens (including phenoxy) is 1. The molecule has 0 heterocycles. The van der Waals surface area contributed by atoms with Gasteiger partial charge >= 0.3 is 0 Å². The molecule has 4 nitrogen and oxygen atoms in total. The van der Waals surface area contributed by atoms with Crippen LogP contribution in [0.2, 0.25) is 0 Å².